The molecule has 1 aromatic carbocycles. The molecule has 1 unspecified atom stereocenters. The van der Waals surface area contributed by atoms with Crippen LogP contribution in [-0.4, -0.2) is 68.1 Å². The first-order valence-corrected chi connectivity index (χ1v) is 15.9. The van der Waals surface area contributed by atoms with Crippen LogP contribution in [0.2, 0.25) is 0 Å². The molecule has 1 N–H and O–H groups in total. The fourth-order valence-electron chi connectivity index (χ4n) is 7.22. The standard InChI is InChI=1S/C34H43N7/c1-3-11-30(12-4-1)41-20-15-28-22-37-33(38-34(28)41)27-13-16-35-32(21-27)36-23-31(40-17-7-2-8-18-40)25-39-19-14-26-9-5-6-10-29(26)24-39/h5-6,9-10,13,15-16,20-22,30-31H,1-4,7-8,11-12,14,17-19,23-25H2,(H,35,36). The Hall–Kier alpha value is -3.29. The Bertz CT molecular complexity index is 1450. The molecule has 7 nitrogen and oxygen atoms in total. The Morgan fingerprint density at radius 1 is 0.878 bits per heavy atom. The van der Waals surface area contributed by atoms with Gasteiger partial charge in [0, 0.05) is 67.8 Å². The van der Waals surface area contributed by atoms with Crippen LogP contribution in [0.1, 0.15) is 68.5 Å². The van der Waals surface area contributed by atoms with Crippen molar-refractivity contribution in [1.29, 1.82) is 0 Å². The van der Waals surface area contributed by atoms with Gasteiger partial charge in [-0.25, -0.2) is 15.0 Å². The molecule has 5 heterocycles. The van der Waals surface area contributed by atoms with Gasteiger partial charge in [0.1, 0.15) is 11.5 Å². The molecule has 2 aliphatic heterocycles. The third-order valence-electron chi connectivity index (χ3n) is 9.55. The zero-order valence-corrected chi connectivity index (χ0v) is 24.2. The van der Waals surface area contributed by atoms with Crippen LogP contribution < -0.4 is 5.32 Å². The van der Waals surface area contributed by atoms with Gasteiger partial charge in [-0.3, -0.25) is 9.80 Å². The van der Waals surface area contributed by atoms with Crippen LogP contribution >= 0.6 is 0 Å². The average Bonchev–Trinajstić information content (AvgIpc) is 3.47. The van der Waals surface area contributed by atoms with Crippen molar-refractivity contribution in [1.82, 2.24) is 29.3 Å². The van der Waals surface area contributed by atoms with E-state index in [1.165, 1.54) is 75.6 Å². The van der Waals surface area contributed by atoms with Crippen molar-refractivity contribution >= 4 is 16.9 Å². The molecule has 3 aromatic heterocycles. The summed E-state index contributed by atoms with van der Waals surface area (Å²) in [5, 5.41) is 4.84. The van der Waals surface area contributed by atoms with Gasteiger partial charge >= 0.3 is 0 Å². The minimum absolute atomic E-state index is 0.456. The third-order valence-corrected chi connectivity index (χ3v) is 9.55. The second-order valence-corrected chi connectivity index (χ2v) is 12.3. The minimum atomic E-state index is 0.456. The quantitative estimate of drug-likeness (QED) is 0.277. The number of hydrogen-bond donors (Lipinski definition) is 1. The first-order chi connectivity index (χ1) is 20.3. The highest BCUT2D eigenvalue weighted by molar-refractivity contribution is 5.77. The van der Waals surface area contributed by atoms with Crippen molar-refractivity contribution in [2.45, 2.75) is 76.4 Å². The predicted molar refractivity (Wildman–Crippen MR) is 166 cm³/mol. The van der Waals surface area contributed by atoms with Gasteiger partial charge in [-0.05, 0) is 74.5 Å². The summed E-state index contributed by atoms with van der Waals surface area (Å²) < 4.78 is 2.39. The summed E-state index contributed by atoms with van der Waals surface area (Å²) >= 11 is 0. The molecule has 4 aromatic rings. The molecule has 7 rings (SSSR count). The van der Waals surface area contributed by atoms with Crippen molar-refractivity contribution in [3.05, 3.63) is 72.2 Å². The number of nitrogens with one attached hydrogen (secondary N) is 1. The SMILES string of the molecule is c1ccc2c(c1)CCN(CC(CNc1cc(-c3ncc4ccn(C5CCCCC5)c4n3)ccn1)N1CCCCC1)C2. The fraction of sp³-hybridized carbons (Fsp3) is 0.500. The lowest BCUT2D eigenvalue weighted by Crippen LogP contribution is -2.50. The molecule has 0 radical (unpaired) electrons. The Labute approximate surface area is 244 Å². The van der Waals surface area contributed by atoms with Gasteiger partial charge in [-0.1, -0.05) is 49.9 Å². The van der Waals surface area contributed by atoms with Gasteiger partial charge in [0.05, 0.1) is 0 Å². The van der Waals surface area contributed by atoms with Crippen LogP contribution in [0.5, 0.6) is 0 Å². The number of fused-ring (bicyclic) bond motifs is 2. The molecule has 0 bridgehead atoms. The summed E-state index contributed by atoms with van der Waals surface area (Å²) in [6.45, 7) is 6.55. The first kappa shape index (κ1) is 26.6. The van der Waals surface area contributed by atoms with E-state index in [1.54, 1.807) is 0 Å². The van der Waals surface area contributed by atoms with Crippen molar-refractivity contribution in [2.75, 3.05) is 38.0 Å². The van der Waals surface area contributed by atoms with Gasteiger partial charge in [0.15, 0.2) is 5.82 Å². The lowest BCUT2D eigenvalue weighted by Gasteiger charge is -2.39. The number of anilines is 1. The molecule has 0 amide bonds. The topological polar surface area (TPSA) is 62.1 Å². The Morgan fingerprint density at radius 2 is 1.71 bits per heavy atom. The van der Waals surface area contributed by atoms with Crippen LogP contribution in [0.4, 0.5) is 5.82 Å². The lowest BCUT2D eigenvalue weighted by molar-refractivity contribution is 0.118. The number of pyridine rings is 1. The maximum absolute atomic E-state index is 5.07. The summed E-state index contributed by atoms with van der Waals surface area (Å²) in [4.78, 5) is 19.9. The Balaban J connectivity index is 1.07. The Kier molecular flexibility index (Phi) is 7.98. The van der Waals surface area contributed by atoms with Crippen LogP contribution in [0, 0.1) is 0 Å². The molecular formula is C34H43N7. The number of aromatic nitrogens is 4. The first-order valence-electron chi connectivity index (χ1n) is 15.9. The van der Waals surface area contributed by atoms with Gasteiger partial charge in [0.2, 0.25) is 0 Å². The van der Waals surface area contributed by atoms with Crippen LogP contribution in [0.25, 0.3) is 22.4 Å². The molecule has 1 saturated heterocycles. The normalized spacial score (nSPS) is 19.7. The summed E-state index contributed by atoms with van der Waals surface area (Å²) in [5.74, 6) is 1.68. The maximum Gasteiger partial charge on any atom is 0.161 e. The number of rotatable bonds is 8. The largest absolute Gasteiger partial charge is 0.368 e. The maximum atomic E-state index is 5.07. The molecule has 1 atom stereocenters. The molecule has 0 spiro atoms. The number of piperidine rings is 1. The van der Waals surface area contributed by atoms with Gasteiger partial charge in [-0.15, -0.1) is 0 Å². The van der Waals surface area contributed by atoms with E-state index in [9.17, 15) is 0 Å². The molecule has 7 heteroatoms. The van der Waals surface area contributed by atoms with Crippen molar-refractivity contribution in [2.24, 2.45) is 0 Å². The third kappa shape index (κ3) is 6.02. The van der Waals surface area contributed by atoms with E-state index in [2.05, 4.69) is 62.3 Å². The zero-order chi connectivity index (χ0) is 27.4. The van der Waals surface area contributed by atoms with Crippen molar-refractivity contribution in [3.8, 4) is 11.4 Å². The van der Waals surface area contributed by atoms with E-state index in [0.717, 1.165) is 60.8 Å². The molecule has 1 aliphatic carbocycles. The van der Waals surface area contributed by atoms with E-state index < -0.39 is 0 Å². The predicted octanol–water partition coefficient (Wildman–Crippen LogP) is 6.32. The zero-order valence-electron chi connectivity index (χ0n) is 24.2. The summed E-state index contributed by atoms with van der Waals surface area (Å²) in [7, 11) is 0. The highest BCUT2D eigenvalue weighted by Gasteiger charge is 2.25. The highest BCUT2D eigenvalue weighted by atomic mass is 15.2. The average molecular weight is 550 g/mol. The molecular weight excluding hydrogens is 506 g/mol. The molecule has 214 valence electrons. The lowest BCUT2D eigenvalue weighted by atomic mass is 9.95. The van der Waals surface area contributed by atoms with Crippen molar-refractivity contribution < 1.29 is 0 Å². The van der Waals surface area contributed by atoms with Crippen LogP contribution in [0.15, 0.2) is 61.1 Å². The fourth-order valence-corrected chi connectivity index (χ4v) is 7.22. The second-order valence-electron chi connectivity index (χ2n) is 12.3. The Morgan fingerprint density at radius 3 is 2.59 bits per heavy atom. The molecule has 41 heavy (non-hydrogen) atoms. The van der Waals surface area contributed by atoms with Gasteiger partial charge in [0.25, 0.3) is 0 Å². The molecule has 1 saturated carbocycles. The van der Waals surface area contributed by atoms with Crippen LogP contribution in [0.3, 0.4) is 0 Å². The van der Waals surface area contributed by atoms with E-state index in [-0.39, 0.29) is 0 Å². The number of benzene rings is 1. The monoisotopic (exact) mass is 549 g/mol. The highest BCUT2D eigenvalue weighted by Crippen LogP contribution is 2.31. The second kappa shape index (κ2) is 12.3. The van der Waals surface area contributed by atoms with E-state index in [1.807, 2.05) is 18.5 Å². The summed E-state index contributed by atoms with van der Waals surface area (Å²) in [6.07, 6.45) is 17.6. The van der Waals surface area contributed by atoms with E-state index in [0.29, 0.717) is 12.1 Å². The minimum Gasteiger partial charge on any atom is -0.368 e. The van der Waals surface area contributed by atoms with E-state index in [4.69, 9.17) is 15.0 Å². The molecule has 2 fully saturated rings. The van der Waals surface area contributed by atoms with Gasteiger partial charge < -0.3 is 9.88 Å². The smallest absolute Gasteiger partial charge is 0.161 e. The number of hydrogen-bond acceptors (Lipinski definition) is 6. The van der Waals surface area contributed by atoms with Crippen molar-refractivity contribution in [3.63, 3.8) is 0 Å². The summed E-state index contributed by atoms with van der Waals surface area (Å²) in [5.41, 5.74) is 5.08. The molecule has 3 aliphatic rings. The number of likely N-dealkylation sites (tertiary alicyclic amines) is 1. The van der Waals surface area contributed by atoms with Crippen LogP contribution in [-0.2, 0) is 13.0 Å². The van der Waals surface area contributed by atoms with E-state index >= 15 is 0 Å². The number of nitrogens with zero attached hydrogens (tertiary/aromatic N) is 6. The summed E-state index contributed by atoms with van der Waals surface area (Å²) in [6, 6.07) is 16.3. The van der Waals surface area contributed by atoms with Gasteiger partial charge in [-0.2, -0.15) is 0 Å².